The molecule has 1 saturated heterocycles. The number of carbonyl (C=O) groups excluding carboxylic acids is 1. The van der Waals surface area contributed by atoms with Gasteiger partial charge in [-0.25, -0.2) is 4.98 Å². The summed E-state index contributed by atoms with van der Waals surface area (Å²) in [4.78, 5) is 20.0. The van der Waals surface area contributed by atoms with Crippen LogP contribution in [0.3, 0.4) is 0 Å². The number of piperidine rings is 1. The average molecular weight is 333 g/mol. The molecule has 3 heterocycles. The summed E-state index contributed by atoms with van der Waals surface area (Å²) in [6, 6.07) is 0. The molecule has 0 aliphatic carbocycles. The van der Waals surface area contributed by atoms with E-state index in [2.05, 4.69) is 4.98 Å². The van der Waals surface area contributed by atoms with Crippen LogP contribution in [0.25, 0.3) is 0 Å². The van der Waals surface area contributed by atoms with Crippen molar-refractivity contribution in [3.8, 4) is 0 Å². The van der Waals surface area contributed by atoms with Crippen LogP contribution in [0.2, 0.25) is 0 Å². The van der Waals surface area contributed by atoms with Crippen LogP contribution >= 0.6 is 11.3 Å². The van der Waals surface area contributed by atoms with Crippen LogP contribution in [-0.4, -0.2) is 38.6 Å². The van der Waals surface area contributed by atoms with E-state index in [0.717, 1.165) is 24.0 Å². The van der Waals surface area contributed by atoms with E-state index in [9.17, 15) is 9.90 Å². The smallest absolute Gasteiger partial charge is 0.254 e. The van der Waals surface area contributed by atoms with E-state index in [4.69, 9.17) is 0 Å². The molecule has 6 heteroatoms. The van der Waals surface area contributed by atoms with Crippen molar-refractivity contribution in [2.45, 2.75) is 32.8 Å². The van der Waals surface area contributed by atoms with E-state index in [-0.39, 0.29) is 11.8 Å². The van der Waals surface area contributed by atoms with Gasteiger partial charge in [0.05, 0.1) is 5.56 Å². The summed E-state index contributed by atoms with van der Waals surface area (Å²) >= 11 is 1.63. The number of nitrogens with zero attached hydrogens (tertiary/aromatic N) is 3. The van der Waals surface area contributed by atoms with Crippen molar-refractivity contribution < 1.29 is 9.90 Å². The van der Waals surface area contributed by atoms with Gasteiger partial charge in [0.25, 0.3) is 5.91 Å². The third-order valence-corrected chi connectivity index (χ3v) is 5.93. The van der Waals surface area contributed by atoms with Crippen molar-refractivity contribution in [3.05, 3.63) is 39.6 Å². The summed E-state index contributed by atoms with van der Waals surface area (Å²) in [6.07, 6.45) is 4.61. The maximum Gasteiger partial charge on any atom is 0.254 e. The first kappa shape index (κ1) is 16.2. The number of rotatable bonds is 3. The fraction of sp³-hybridized carbons (Fsp3) is 0.529. The van der Waals surface area contributed by atoms with Crippen molar-refractivity contribution in [2.75, 3.05) is 13.1 Å². The molecule has 5 nitrogen and oxygen atoms in total. The summed E-state index contributed by atoms with van der Waals surface area (Å²) in [5, 5.41) is 12.5. The number of hydrogen-bond donors (Lipinski definition) is 1. The Bertz CT molecular complexity index is 699. The van der Waals surface area contributed by atoms with Gasteiger partial charge in [-0.1, -0.05) is 0 Å². The predicted molar refractivity (Wildman–Crippen MR) is 90.6 cm³/mol. The quantitative estimate of drug-likeness (QED) is 0.939. The zero-order valence-electron chi connectivity index (χ0n) is 13.8. The first-order valence-electron chi connectivity index (χ1n) is 7.98. The molecule has 2 aromatic rings. The van der Waals surface area contributed by atoms with E-state index in [1.807, 2.05) is 41.9 Å². The minimum absolute atomic E-state index is 0.122. The van der Waals surface area contributed by atoms with Crippen molar-refractivity contribution in [1.29, 1.82) is 0 Å². The molecular weight excluding hydrogens is 310 g/mol. The molecule has 0 bridgehead atoms. The van der Waals surface area contributed by atoms with E-state index in [1.54, 1.807) is 17.5 Å². The topological polar surface area (TPSA) is 58.4 Å². The van der Waals surface area contributed by atoms with Gasteiger partial charge in [-0.05, 0) is 38.2 Å². The average Bonchev–Trinajstić information content (AvgIpc) is 3.13. The molecule has 23 heavy (non-hydrogen) atoms. The number of carbonyl (C=O) groups is 1. The minimum atomic E-state index is -0.558. The van der Waals surface area contributed by atoms with Crippen LogP contribution in [0.15, 0.2) is 17.8 Å². The number of aliphatic hydroxyl groups excluding tert-OH is 1. The number of aliphatic hydroxyl groups is 1. The Labute approximate surface area is 140 Å². The lowest BCUT2D eigenvalue weighted by molar-refractivity contribution is 0.0420. The van der Waals surface area contributed by atoms with Gasteiger partial charge in [0, 0.05) is 42.8 Å². The second-order valence-corrected chi connectivity index (χ2v) is 7.39. The zero-order chi connectivity index (χ0) is 16.6. The predicted octanol–water partition coefficient (Wildman–Crippen LogP) is 2.68. The molecule has 0 radical (unpaired) electrons. The molecule has 1 aliphatic heterocycles. The number of thiophene rings is 1. The van der Waals surface area contributed by atoms with Gasteiger partial charge in [-0.15, -0.1) is 11.3 Å². The molecule has 0 spiro atoms. The van der Waals surface area contributed by atoms with Crippen LogP contribution in [0, 0.1) is 19.8 Å². The van der Waals surface area contributed by atoms with Gasteiger partial charge in [0.1, 0.15) is 11.9 Å². The largest absolute Gasteiger partial charge is 0.385 e. The Balaban J connectivity index is 1.63. The highest BCUT2D eigenvalue weighted by Crippen LogP contribution is 2.31. The van der Waals surface area contributed by atoms with Crippen molar-refractivity contribution >= 4 is 17.2 Å². The monoisotopic (exact) mass is 333 g/mol. The minimum Gasteiger partial charge on any atom is -0.385 e. The second kappa shape index (κ2) is 6.45. The van der Waals surface area contributed by atoms with Crippen LogP contribution < -0.4 is 0 Å². The molecule has 3 rings (SSSR count). The van der Waals surface area contributed by atoms with Crippen molar-refractivity contribution in [2.24, 2.45) is 13.0 Å². The lowest BCUT2D eigenvalue weighted by atomic mass is 9.90. The summed E-state index contributed by atoms with van der Waals surface area (Å²) < 4.78 is 1.86. The van der Waals surface area contributed by atoms with Crippen LogP contribution in [-0.2, 0) is 7.05 Å². The number of aryl methyl sites for hydroxylation is 2. The SMILES string of the molecule is Cc1scc(C(=O)N2CCC(C(O)c3nccn3C)CC2)c1C. The van der Waals surface area contributed by atoms with Gasteiger partial charge in [0.2, 0.25) is 0 Å². The molecule has 1 unspecified atom stereocenters. The first-order chi connectivity index (χ1) is 11.0. The van der Waals surface area contributed by atoms with Gasteiger partial charge in [0.15, 0.2) is 0 Å². The zero-order valence-corrected chi connectivity index (χ0v) is 14.6. The molecule has 1 N–H and O–H groups in total. The number of imidazole rings is 1. The Kier molecular flexibility index (Phi) is 4.55. The highest BCUT2D eigenvalue weighted by molar-refractivity contribution is 7.10. The Morgan fingerprint density at radius 2 is 2.09 bits per heavy atom. The lowest BCUT2D eigenvalue weighted by Gasteiger charge is -2.34. The highest BCUT2D eigenvalue weighted by Gasteiger charge is 2.31. The summed E-state index contributed by atoms with van der Waals surface area (Å²) in [6.45, 7) is 5.45. The highest BCUT2D eigenvalue weighted by atomic mass is 32.1. The maximum atomic E-state index is 12.6. The fourth-order valence-corrected chi connectivity index (χ4v) is 4.05. The number of hydrogen-bond acceptors (Lipinski definition) is 4. The lowest BCUT2D eigenvalue weighted by Crippen LogP contribution is -2.40. The van der Waals surface area contributed by atoms with Gasteiger partial charge >= 0.3 is 0 Å². The van der Waals surface area contributed by atoms with Crippen molar-refractivity contribution in [3.63, 3.8) is 0 Å². The van der Waals surface area contributed by atoms with Gasteiger partial charge in [-0.2, -0.15) is 0 Å². The van der Waals surface area contributed by atoms with Gasteiger partial charge in [-0.3, -0.25) is 4.79 Å². The molecule has 0 saturated carbocycles. The van der Waals surface area contributed by atoms with Crippen LogP contribution in [0.4, 0.5) is 0 Å². The summed E-state index contributed by atoms with van der Waals surface area (Å²) in [5.74, 6) is 0.987. The Hall–Kier alpha value is -1.66. The van der Waals surface area contributed by atoms with E-state index in [1.165, 1.54) is 4.88 Å². The van der Waals surface area contributed by atoms with Crippen LogP contribution in [0.5, 0.6) is 0 Å². The normalized spacial score (nSPS) is 17.5. The third kappa shape index (κ3) is 3.05. The summed E-state index contributed by atoms with van der Waals surface area (Å²) in [7, 11) is 1.89. The molecule has 1 fully saturated rings. The molecule has 1 aliphatic rings. The second-order valence-electron chi connectivity index (χ2n) is 6.30. The number of amides is 1. The Morgan fingerprint density at radius 3 is 2.61 bits per heavy atom. The standard InChI is InChI=1S/C17H23N3O2S/c1-11-12(2)23-10-14(11)17(22)20-7-4-13(5-8-20)15(21)16-18-6-9-19(16)3/h6,9-10,13,15,21H,4-5,7-8H2,1-3H3. The Morgan fingerprint density at radius 1 is 1.39 bits per heavy atom. The molecule has 0 aromatic carbocycles. The van der Waals surface area contributed by atoms with Gasteiger partial charge < -0.3 is 14.6 Å². The summed E-state index contributed by atoms with van der Waals surface area (Å²) in [5.41, 5.74) is 1.92. The van der Waals surface area contributed by atoms with Crippen LogP contribution in [0.1, 0.15) is 45.6 Å². The molecular formula is C17H23N3O2S. The number of aromatic nitrogens is 2. The fourth-order valence-electron chi connectivity index (χ4n) is 3.19. The first-order valence-corrected chi connectivity index (χ1v) is 8.86. The van der Waals surface area contributed by atoms with E-state index >= 15 is 0 Å². The molecule has 2 aromatic heterocycles. The van der Waals surface area contributed by atoms with E-state index < -0.39 is 6.10 Å². The van der Waals surface area contributed by atoms with E-state index in [0.29, 0.717) is 18.9 Å². The maximum absolute atomic E-state index is 12.6. The van der Waals surface area contributed by atoms with Crippen molar-refractivity contribution in [1.82, 2.24) is 14.5 Å². The molecule has 1 amide bonds. The third-order valence-electron chi connectivity index (χ3n) is 4.91. The molecule has 1 atom stereocenters. The number of likely N-dealkylation sites (tertiary alicyclic amines) is 1. The molecule has 124 valence electrons.